The number of allylic oxidation sites excluding steroid dienone is 3. The van der Waals surface area contributed by atoms with Crippen molar-refractivity contribution in [3.8, 4) is 0 Å². The molecule has 0 saturated heterocycles. The van der Waals surface area contributed by atoms with Gasteiger partial charge in [0.15, 0.2) is 0 Å². The van der Waals surface area contributed by atoms with Crippen molar-refractivity contribution in [1.29, 1.82) is 5.41 Å². The molecule has 50 valence electrons. The summed E-state index contributed by atoms with van der Waals surface area (Å²) in [5, 5.41) is 6.70. The summed E-state index contributed by atoms with van der Waals surface area (Å²) in [5.74, 6) is 0. The van der Waals surface area contributed by atoms with Crippen LogP contribution in [0.15, 0.2) is 21.8 Å². The molecule has 1 N–H and O–H groups in total. The van der Waals surface area contributed by atoms with Crippen molar-refractivity contribution in [1.82, 2.24) is 0 Å². The Morgan fingerprint density at radius 2 is 2.33 bits per heavy atom. The molecule has 0 heterocycles. The van der Waals surface area contributed by atoms with Gasteiger partial charge in [-0.25, -0.2) is 0 Å². The monoisotopic (exact) mass is 235 g/mol. The number of halogens is 1. The van der Waals surface area contributed by atoms with E-state index < -0.39 is 0 Å². The summed E-state index contributed by atoms with van der Waals surface area (Å²) in [4.78, 5) is 0. The maximum atomic E-state index is 6.70. The van der Waals surface area contributed by atoms with Gasteiger partial charge in [-0.2, -0.15) is 0 Å². The first-order valence-corrected chi connectivity index (χ1v) is 4.06. The van der Waals surface area contributed by atoms with Crippen LogP contribution in [0.3, 0.4) is 0 Å². The van der Waals surface area contributed by atoms with E-state index in [1.54, 1.807) is 6.08 Å². The highest BCUT2D eigenvalue weighted by Crippen LogP contribution is 2.04. The van der Waals surface area contributed by atoms with Crippen LogP contribution in [-0.4, -0.2) is 6.21 Å². The van der Waals surface area contributed by atoms with E-state index in [1.807, 2.05) is 10.2 Å². The second-order valence-corrected chi connectivity index (χ2v) is 2.19. The molecule has 0 aromatic heterocycles. The largest absolute Gasteiger partial charge is 0.309 e. The zero-order valence-electron chi connectivity index (χ0n) is 5.39. The Bertz CT molecular complexity index is 136. The molecule has 9 heavy (non-hydrogen) atoms. The Labute approximate surface area is 69.5 Å². The summed E-state index contributed by atoms with van der Waals surface area (Å²) in [6, 6.07) is 0. The van der Waals surface area contributed by atoms with Gasteiger partial charge >= 0.3 is 0 Å². The lowest BCUT2D eigenvalue weighted by Crippen LogP contribution is -1.70. The lowest BCUT2D eigenvalue weighted by molar-refractivity contribution is 1.16. The highest BCUT2D eigenvalue weighted by atomic mass is 127. The smallest absolute Gasteiger partial charge is 0.0177 e. The fourth-order valence-electron chi connectivity index (χ4n) is 0.403. The summed E-state index contributed by atoms with van der Waals surface area (Å²) in [6.45, 7) is 2.10. The molecule has 0 fully saturated rings. The second kappa shape index (κ2) is 6.01. The number of rotatable bonds is 3. The first-order chi connectivity index (χ1) is 4.35. The van der Waals surface area contributed by atoms with Gasteiger partial charge in [0.1, 0.15) is 0 Å². The maximum absolute atomic E-state index is 6.70. The van der Waals surface area contributed by atoms with Gasteiger partial charge in [-0.15, -0.1) is 0 Å². The third-order valence-electron chi connectivity index (χ3n) is 0.955. The van der Waals surface area contributed by atoms with E-state index in [2.05, 4.69) is 29.5 Å². The van der Waals surface area contributed by atoms with Gasteiger partial charge in [0, 0.05) is 6.21 Å². The Morgan fingerprint density at radius 1 is 1.67 bits per heavy atom. The first-order valence-electron chi connectivity index (χ1n) is 2.81. The van der Waals surface area contributed by atoms with Crippen LogP contribution in [0.4, 0.5) is 0 Å². The van der Waals surface area contributed by atoms with Crippen molar-refractivity contribution in [3.63, 3.8) is 0 Å². The normalized spacial score (nSPS) is 12.4. The minimum atomic E-state index is 1.03. The summed E-state index contributed by atoms with van der Waals surface area (Å²) in [7, 11) is 0. The zero-order chi connectivity index (χ0) is 7.11. The predicted molar refractivity (Wildman–Crippen MR) is 50.3 cm³/mol. The van der Waals surface area contributed by atoms with Gasteiger partial charge in [-0.05, 0) is 22.2 Å². The molecular formula is C7H10IN. The molecule has 0 aliphatic carbocycles. The standard InChI is InChI=1S/C7H10IN/c1-2-7(6-8)4-3-5-9/h3-6,9H,2H2,1H3/b4-3-,7-6-,9-5?. The van der Waals surface area contributed by atoms with Crippen molar-refractivity contribution < 1.29 is 0 Å². The molecule has 0 atom stereocenters. The summed E-state index contributed by atoms with van der Waals surface area (Å²) < 4.78 is 2.03. The first kappa shape index (κ1) is 8.88. The molecule has 0 saturated carbocycles. The molecule has 2 heteroatoms. The SMILES string of the molecule is CCC(/C=C\C=N)=C/I. The van der Waals surface area contributed by atoms with Crippen molar-refractivity contribution in [2.24, 2.45) is 0 Å². The van der Waals surface area contributed by atoms with Gasteiger partial charge < -0.3 is 5.41 Å². The molecular weight excluding hydrogens is 225 g/mol. The van der Waals surface area contributed by atoms with E-state index >= 15 is 0 Å². The molecule has 0 amide bonds. The van der Waals surface area contributed by atoms with E-state index in [0.29, 0.717) is 0 Å². The number of nitrogens with one attached hydrogen (secondary N) is 1. The van der Waals surface area contributed by atoms with Crippen molar-refractivity contribution in [2.45, 2.75) is 13.3 Å². The van der Waals surface area contributed by atoms with Gasteiger partial charge in [0.25, 0.3) is 0 Å². The van der Waals surface area contributed by atoms with Gasteiger partial charge in [-0.3, -0.25) is 0 Å². The van der Waals surface area contributed by atoms with Crippen LogP contribution in [0.25, 0.3) is 0 Å². The topological polar surface area (TPSA) is 23.9 Å². The lowest BCUT2D eigenvalue weighted by atomic mass is 10.2. The fourth-order valence-corrected chi connectivity index (χ4v) is 1.05. The van der Waals surface area contributed by atoms with Crippen LogP contribution in [0.2, 0.25) is 0 Å². The van der Waals surface area contributed by atoms with E-state index in [0.717, 1.165) is 6.42 Å². The van der Waals surface area contributed by atoms with Gasteiger partial charge in [-0.1, -0.05) is 35.6 Å². The Morgan fingerprint density at radius 3 is 2.67 bits per heavy atom. The van der Waals surface area contributed by atoms with Crippen molar-refractivity contribution >= 4 is 28.8 Å². The molecule has 1 nitrogen and oxygen atoms in total. The fraction of sp³-hybridized carbons (Fsp3) is 0.286. The van der Waals surface area contributed by atoms with E-state index in [1.165, 1.54) is 11.8 Å². The highest BCUT2D eigenvalue weighted by Gasteiger charge is 1.81. The third-order valence-corrected chi connectivity index (χ3v) is 1.75. The Hall–Kier alpha value is -0.120. The lowest BCUT2D eigenvalue weighted by Gasteiger charge is -1.89. The average molecular weight is 235 g/mol. The molecule has 0 aliphatic heterocycles. The van der Waals surface area contributed by atoms with E-state index in [9.17, 15) is 0 Å². The van der Waals surface area contributed by atoms with Crippen molar-refractivity contribution in [2.75, 3.05) is 0 Å². The number of hydrogen-bond donors (Lipinski definition) is 1. The second-order valence-electron chi connectivity index (χ2n) is 1.56. The third kappa shape index (κ3) is 4.39. The van der Waals surface area contributed by atoms with Crippen LogP contribution >= 0.6 is 22.6 Å². The van der Waals surface area contributed by atoms with E-state index in [4.69, 9.17) is 5.41 Å². The van der Waals surface area contributed by atoms with Crippen LogP contribution in [0.5, 0.6) is 0 Å². The quantitative estimate of drug-likeness (QED) is 0.441. The summed E-state index contributed by atoms with van der Waals surface area (Å²) in [5.41, 5.74) is 1.26. The van der Waals surface area contributed by atoms with Gasteiger partial charge in [0.2, 0.25) is 0 Å². The van der Waals surface area contributed by atoms with Gasteiger partial charge in [0.05, 0.1) is 0 Å². The van der Waals surface area contributed by atoms with Crippen molar-refractivity contribution in [3.05, 3.63) is 21.8 Å². The molecule has 0 unspecified atom stereocenters. The number of hydrogen-bond acceptors (Lipinski definition) is 1. The van der Waals surface area contributed by atoms with Crippen LogP contribution < -0.4 is 0 Å². The Kier molecular flexibility index (Phi) is 5.93. The molecule has 0 rings (SSSR count). The highest BCUT2D eigenvalue weighted by molar-refractivity contribution is 14.1. The molecule has 0 aromatic rings. The molecule has 0 aromatic carbocycles. The van der Waals surface area contributed by atoms with Crippen LogP contribution in [0, 0.1) is 5.41 Å². The average Bonchev–Trinajstić information content (AvgIpc) is 1.91. The maximum Gasteiger partial charge on any atom is 0.0177 e. The molecule has 0 aliphatic rings. The Balaban J connectivity index is 3.84. The van der Waals surface area contributed by atoms with Crippen LogP contribution in [-0.2, 0) is 0 Å². The zero-order valence-corrected chi connectivity index (χ0v) is 7.55. The molecule has 0 bridgehead atoms. The molecule has 0 radical (unpaired) electrons. The van der Waals surface area contributed by atoms with Crippen LogP contribution in [0.1, 0.15) is 13.3 Å². The summed E-state index contributed by atoms with van der Waals surface area (Å²) >= 11 is 2.20. The molecule has 0 spiro atoms. The van der Waals surface area contributed by atoms with E-state index in [-0.39, 0.29) is 0 Å². The predicted octanol–water partition coefficient (Wildman–Crippen LogP) is 2.92. The minimum Gasteiger partial charge on any atom is -0.309 e. The summed E-state index contributed by atoms with van der Waals surface area (Å²) in [6.07, 6.45) is 6.00. The minimum absolute atomic E-state index is 1.03.